The van der Waals surface area contributed by atoms with Crippen LogP contribution in [0.1, 0.15) is 68.9 Å². The molecule has 1 saturated carbocycles. The molecule has 0 unspecified atom stereocenters. The van der Waals surface area contributed by atoms with E-state index in [2.05, 4.69) is 19.1 Å². The first kappa shape index (κ1) is 20.0. The zero-order valence-corrected chi connectivity index (χ0v) is 16.2. The summed E-state index contributed by atoms with van der Waals surface area (Å²) in [7, 11) is 0. The summed E-state index contributed by atoms with van der Waals surface area (Å²) in [6, 6.07) is 6.91. The van der Waals surface area contributed by atoms with E-state index in [0.717, 1.165) is 50.9 Å². The van der Waals surface area contributed by atoms with Gasteiger partial charge in [0.05, 0.1) is 18.8 Å². The van der Waals surface area contributed by atoms with Crippen molar-refractivity contribution in [1.29, 1.82) is 5.26 Å². The maximum atomic E-state index is 13.9. The fourth-order valence-electron chi connectivity index (χ4n) is 4.13. The van der Waals surface area contributed by atoms with Crippen molar-refractivity contribution in [2.24, 2.45) is 11.8 Å². The zero-order valence-electron chi connectivity index (χ0n) is 16.2. The summed E-state index contributed by atoms with van der Waals surface area (Å²) in [5.41, 5.74) is 1.13. The normalized spacial score (nSPS) is 28.9. The first-order chi connectivity index (χ1) is 13.2. The number of hydrogen-bond acceptors (Lipinski definition) is 3. The second-order valence-electron chi connectivity index (χ2n) is 7.83. The van der Waals surface area contributed by atoms with E-state index < -0.39 is 5.82 Å². The summed E-state index contributed by atoms with van der Waals surface area (Å²) < 4.78 is 25.9. The number of halogens is 1. The van der Waals surface area contributed by atoms with Crippen molar-refractivity contribution in [3.8, 4) is 6.07 Å². The molecule has 0 aromatic heterocycles. The monoisotopic (exact) mass is 371 g/mol. The third-order valence-corrected chi connectivity index (χ3v) is 5.82. The Bertz CT molecular complexity index is 665. The number of nitriles is 1. The van der Waals surface area contributed by atoms with E-state index in [1.165, 1.54) is 18.9 Å². The van der Waals surface area contributed by atoms with Crippen LogP contribution in [0.15, 0.2) is 30.4 Å². The molecule has 0 radical (unpaired) electrons. The highest BCUT2D eigenvalue weighted by Gasteiger charge is 2.32. The highest BCUT2D eigenvalue weighted by atomic mass is 19.1. The standard InChI is InChI=1S/C23H30FNO2/c1-2-3-4-5-6-17-15-26-23(27-16-17)19-9-7-18(8-10-19)20-11-12-21(14-25)22(24)13-20/h5-6,11-13,17-19,23H,2-4,7-10,15-16H2,1H3/t17-,18-,19-,23-. The van der Waals surface area contributed by atoms with Gasteiger partial charge in [-0.3, -0.25) is 0 Å². The van der Waals surface area contributed by atoms with Crippen molar-refractivity contribution in [3.05, 3.63) is 47.3 Å². The van der Waals surface area contributed by atoms with Crippen LogP contribution in [0.5, 0.6) is 0 Å². The van der Waals surface area contributed by atoms with Gasteiger partial charge in [-0.25, -0.2) is 4.39 Å². The Morgan fingerprint density at radius 2 is 1.93 bits per heavy atom. The van der Waals surface area contributed by atoms with Gasteiger partial charge in [-0.2, -0.15) is 5.26 Å². The lowest BCUT2D eigenvalue weighted by Crippen LogP contribution is -2.37. The van der Waals surface area contributed by atoms with E-state index >= 15 is 0 Å². The highest BCUT2D eigenvalue weighted by Crippen LogP contribution is 2.39. The number of allylic oxidation sites excluding steroid dienone is 1. The Kier molecular flexibility index (Phi) is 7.43. The highest BCUT2D eigenvalue weighted by molar-refractivity contribution is 5.34. The summed E-state index contributed by atoms with van der Waals surface area (Å²) in [6.45, 7) is 3.69. The Labute approximate surface area is 162 Å². The molecule has 0 bridgehead atoms. The zero-order chi connectivity index (χ0) is 19.1. The molecule has 0 amide bonds. The Balaban J connectivity index is 1.44. The smallest absolute Gasteiger partial charge is 0.160 e. The van der Waals surface area contributed by atoms with Gasteiger partial charge in [0.25, 0.3) is 0 Å². The van der Waals surface area contributed by atoms with E-state index in [1.807, 2.05) is 12.1 Å². The Hall–Kier alpha value is -1.70. The lowest BCUT2D eigenvalue weighted by Gasteiger charge is -2.37. The van der Waals surface area contributed by atoms with Crippen LogP contribution in [0.4, 0.5) is 4.39 Å². The minimum absolute atomic E-state index is 0.0936. The van der Waals surface area contributed by atoms with Crippen molar-refractivity contribution in [1.82, 2.24) is 0 Å². The first-order valence-electron chi connectivity index (χ1n) is 10.3. The van der Waals surface area contributed by atoms with Crippen LogP contribution in [-0.4, -0.2) is 19.5 Å². The second kappa shape index (κ2) is 10.0. The molecule has 1 aromatic rings. The quantitative estimate of drug-likeness (QED) is 0.475. The maximum absolute atomic E-state index is 13.9. The van der Waals surface area contributed by atoms with Crippen LogP contribution in [0.2, 0.25) is 0 Å². The maximum Gasteiger partial charge on any atom is 0.160 e. The molecule has 1 aromatic carbocycles. The third kappa shape index (κ3) is 5.40. The fraction of sp³-hybridized carbons (Fsp3) is 0.609. The van der Waals surface area contributed by atoms with Crippen LogP contribution in [0.3, 0.4) is 0 Å². The first-order valence-corrected chi connectivity index (χ1v) is 10.3. The second-order valence-corrected chi connectivity index (χ2v) is 7.83. The molecule has 3 nitrogen and oxygen atoms in total. The molecule has 0 spiro atoms. The Morgan fingerprint density at radius 1 is 1.19 bits per heavy atom. The number of unbranched alkanes of at least 4 members (excludes halogenated alkanes) is 2. The van der Waals surface area contributed by atoms with Gasteiger partial charge in [0.15, 0.2) is 6.29 Å². The number of hydrogen-bond donors (Lipinski definition) is 0. The molecule has 3 rings (SSSR count). The van der Waals surface area contributed by atoms with Crippen LogP contribution >= 0.6 is 0 Å². The Morgan fingerprint density at radius 3 is 2.56 bits per heavy atom. The fourth-order valence-corrected chi connectivity index (χ4v) is 4.13. The van der Waals surface area contributed by atoms with E-state index in [1.54, 1.807) is 6.07 Å². The molecule has 146 valence electrons. The van der Waals surface area contributed by atoms with Crippen LogP contribution in [-0.2, 0) is 9.47 Å². The summed E-state index contributed by atoms with van der Waals surface area (Å²) in [5.74, 6) is 0.751. The number of rotatable bonds is 6. The summed E-state index contributed by atoms with van der Waals surface area (Å²) >= 11 is 0. The predicted molar refractivity (Wildman–Crippen MR) is 104 cm³/mol. The van der Waals surface area contributed by atoms with Crippen LogP contribution < -0.4 is 0 Å². The van der Waals surface area contributed by atoms with E-state index in [-0.39, 0.29) is 11.9 Å². The van der Waals surface area contributed by atoms with Gasteiger partial charge in [0, 0.05) is 11.8 Å². The van der Waals surface area contributed by atoms with E-state index in [4.69, 9.17) is 14.7 Å². The van der Waals surface area contributed by atoms with Crippen molar-refractivity contribution in [2.75, 3.05) is 13.2 Å². The third-order valence-electron chi connectivity index (χ3n) is 5.82. The summed E-state index contributed by atoms with van der Waals surface area (Å²) in [6.07, 6.45) is 12.1. The molecule has 2 fully saturated rings. The molecule has 2 aliphatic rings. The largest absolute Gasteiger partial charge is 0.352 e. The lowest BCUT2D eigenvalue weighted by atomic mass is 9.78. The molecule has 1 saturated heterocycles. The molecule has 4 heteroatoms. The average Bonchev–Trinajstić information content (AvgIpc) is 2.72. The number of ether oxygens (including phenoxy) is 2. The molecule has 1 heterocycles. The molecule has 1 aliphatic carbocycles. The minimum Gasteiger partial charge on any atom is -0.352 e. The summed E-state index contributed by atoms with van der Waals surface area (Å²) in [4.78, 5) is 0. The molecule has 0 atom stereocenters. The van der Waals surface area contributed by atoms with Crippen molar-refractivity contribution in [3.63, 3.8) is 0 Å². The van der Waals surface area contributed by atoms with E-state index in [0.29, 0.717) is 17.8 Å². The van der Waals surface area contributed by atoms with Gasteiger partial charge in [0.1, 0.15) is 11.9 Å². The van der Waals surface area contributed by atoms with Crippen LogP contribution in [0.25, 0.3) is 0 Å². The van der Waals surface area contributed by atoms with Gasteiger partial charge < -0.3 is 9.47 Å². The van der Waals surface area contributed by atoms with E-state index in [9.17, 15) is 4.39 Å². The average molecular weight is 371 g/mol. The number of benzene rings is 1. The molecule has 1 aliphatic heterocycles. The van der Waals surface area contributed by atoms with Gasteiger partial charge in [0.2, 0.25) is 0 Å². The van der Waals surface area contributed by atoms with Gasteiger partial charge in [-0.15, -0.1) is 0 Å². The number of nitrogens with zero attached hydrogens (tertiary/aromatic N) is 1. The molecule has 27 heavy (non-hydrogen) atoms. The molecular weight excluding hydrogens is 341 g/mol. The van der Waals surface area contributed by atoms with Crippen molar-refractivity contribution >= 4 is 0 Å². The van der Waals surface area contributed by atoms with Gasteiger partial charge >= 0.3 is 0 Å². The minimum atomic E-state index is -0.408. The lowest BCUT2D eigenvalue weighted by molar-refractivity contribution is -0.222. The van der Waals surface area contributed by atoms with Gasteiger partial charge in [-0.1, -0.05) is 38.0 Å². The van der Waals surface area contributed by atoms with Crippen molar-refractivity contribution in [2.45, 2.75) is 64.1 Å². The van der Waals surface area contributed by atoms with Crippen molar-refractivity contribution < 1.29 is 13.9 Å². The molecule has 0 N–H and O–H groups in total. The predicted octanol–water partition coefficient (Wildman–Crippen LogP) is 5.71. The molecular formula is C23H30FNO2. The van der Waals surface area contributed by atoms with Crippen LogP contribution in [0, 0.1) is 29.0 Å². The van der Waals surface area contributed by atoms with Gasteiger partial charge in [-0.05, 0) is 55.7 Å². The topological polar surface area (TPSA) is 42.2 Å². The SMILES string of the molecule is CCCCC=C[C@H]1CO[C@H]([C@H]2CC[C@H](c3ccc(C#N)c(F)c3)CC2)OC1. The summed E-state index contributed by atoms with van der Waals surface area (Å²) in [5, 5.41) is 8.87.